The Kier molecular flexibility index (Phi) is 3.28. The molecule has 0 bridgehead atoms. The quantitative estimate of drug-likeness (QED) is 0.767. The minimum absolute atomic E-state index is 0.351. The van der Waals surface area contributed by atoms with Gasteiger partial charge in [0.1, 0.15) is 0 Å². The monoisotopic (exact) mass is 246 g/mol. The first kappa shape index (κ1) is 12.5. The summed E-state index contributed by atoms with van der Waals surface area (Å²) < 4.78 is 0. The number of amides is 1. The Hall–Kier alpha value is -1.97. The molecule has 1 heterocycles. The topological polar surface area (TPSA) is 65.1 Å². The number of hydrogen-bond acceptors (Lipinski definition) is 1. The third-order valence-electron chi connectivity index (χ3n) is 3.08. The zero-order chi connectivity index (χ0) is 13.3. The smallest absolute Gasteiger partial charge is 0.409 e. The fourth-order valence-electron chi connectivity index (χ4n) is 2.19. The van der Waals surface area contributed by atoms with E-state index in [4.69, 9.17) is 5.11 Å². The van der Waals surface area contributed by atoms with E-state index in [0.29, 0.717) is 11.6 Å². The molecule has 0 fully saturated rings. The van der Waals surface area contributed by atoms with Crippen LogP contribution >= 0.6 is 0 Å². The molecular formula is C14H18N2O2. The van der Waals surface area contributed by atoms with E-state index in [2.05, 4.69) is 37.1 Å². The van der Waals surface area contributed by atoms with Crippen molar-refractivity contribution in [2.75, 3.05) is 5.32 Å². The number of nitrogens with one attached hydrogen (secondary N) is 2. The van der Waals surface area contributed by atoms with Gasteiger partial charge in [0.15, 0.2) is 0 Å². The van der Waals surface area contributed by atoms with Gasteiger partial charge in [-0.3, -0.25) is 5.32 Å². The SMILES string of the molecule is CCc1cc2c(C(C)C)cc(NC(=O)O)cc2[nH]1. The molecule has 1 aromatic heterocycles. The van der Waals surface area contributed by atoms with Crippen LogP contribution in [-0.4, -0.2) is 16.2 Å². The van der Waals surface area contributed by atoms with Gasteiger partial charge in [-0.2, -0.15) is 0 Å². The molecular weight excluding hydrogens is 228 g/mol. The second kappa shape index (κ2) is 4.72. The number of benzene rings is 1. The molecule has 1 amide bonds. The number of hydrogen-bond donors (Lipinski definition) is 3. The summed E-state index contributed by atoms with van der Waals surface area (Å²) in [5, 5.41) is 12.4. The third-order valence-corrected chi connectivity index (χ3v) is 3.08. The number of carbonyl (C=O) groups is 1. The van der Waals surface area contributed by atoms with Crippen molar-refractivity contribution >= 4 is 22.7 Å². The van der Waals surface area contributed by atoms with Gasteiger partial charge in [0.2, 0.25) is 0 Å². The Morgan fingerprint density at radius 1 is 1.39 bits per heavy atom. The molecule has 0 saturated carbocycles. The van der Waals surface area contributed by atoms with Gasteiger partial charge in [-0.05, 0) is 36.1 Å². The summed E-state index contributed by atoms with van der Waals surface area (Å²) in [5.41, 5.74) is 3.93. The van der Waals surface area contributed by atoms with E-state index in [0.717, 1.165) is 17.5 Å². The van der Waals surface area contributed by atoms with Gasteiger partial charge in [0.25, 0.3) is 0 Å². The van der Waals surface area contributed by atoms with E-state index >= 15 is 0 Å². The highest BCUT2D eigenvalue weighted by Crippen LogP contribution is 2.30. The van der Waals surface area contributed by atoms with Crippen molar-refractivity contribution in [2.24, 2.45) is 0 Å². The largest absolute Gasteiger partial charge is 0.465 e. The molecule has 4 heteroatoms. The van der Waals surface area contributed by atoms with Crippen LogP contribution in [0, 0.1) is 0 Å². The van der Waals surface area contributed by atoms with Crippen molar-refractivity contribution in [3.8, 4) is 0 Å². The third kappa shape index (κ3) is 2.32. The Balaban J connectivity index is 2.60. The van der Waals surface area contributed by atoms with Crippen molar-refractivity contribution < 1.29 is 9.90 Å². The summed E-state index contributed by atoms with van der Waals surface area (Å²) >= 11 is 0. The molecule has 0 atom stereocenters. The van der Waals surface area contributed by atoms with Crippen LogP contribution in [0.4, 0.5) is 10.5 Å². The predicted molar refractivity (Wildman–Crippen MR) is 73.4 cm³/mol. The van der Waals surface area contributed by atoms with Crippen molar-refractivity contribution in [3.63, 3.8) is 0 Å². The Morgan fingerprint density at radius 3 is 2.67 bits per heavy atom. The lowest BCUT2D eigenvalue weighted by Crippen LogP contribution is -2.07. The van der Waals surface area contributed by atoms with E-state index < -0.39 is 6.09 Å². The highest BCUT2D eigenvalue weighted by molar-refractivity contribution is 5.92. The lowest BCUT2D eigenvalue weighted by atomic mass is 9.98. The minimum Gasteiger partial charge on any atom is -0.465 e. The number of aromatic amines is 1. The maximum atomic E-state index is 10.7. The molecule has 0 saturated heterocycles. The second-order valence-corrected chi connectivity index (χ2v) is 4.76. The van der Waals surface area contributed by atoms with E-state index in [1.165, 1.54) is 11.1 Å². The van der Waals surface area contributed by atoms with Crippen LogP contribution in [0.3, 0.4) is 0 Å². The van der Waals surface area contributed by atoms with Crippen molar-refractivity contribution in [3.05, 3.63) is 29.5 Å². The molecule has 3 N–H and O–H groups in total. The first-order chi connectivity index (χ1) is 8.51. The van der Waals surface area contributed by atoms with Crippen molar-refractivity contribution in [2.45, 2.75) is 33.1 Å². The summed E-state index contributed by atoms with van der Waals surface area (Å²) in [4.78, 5) is 14.0. The summed E-state index contributed by atoms with van der Waals surface area (Å²) in [5.74, 6) is 0.351. The summed E-state index contributed by atoms with van der Waals surface area (Å²) in [6.07, 6.45) is -0.0974. The number of carboxylic acid groups (broad SMARTS) is 1. The van der Waals surface area contributed by atoms with Crippen LogP contribution in [0.5, 0.6) is 0 Å². The highest BCUT2D eigenvalue weighted by Gasteiger charge is 2.11. The first-order valence-corrected chi connectivity index (χ1v) is 6.16. The average molecular weight is 246 g/mol. The van der Waals surface area contributed by atoms with E-state index in [-0.39, 0.29) is 0 Å². The number of rotatable bonds is 3. The van der Waals surface area contributed by atoms with Gasteiger partial charge in [-0.15, -0.1) is 0 Å². The number of H-pyrrole nitrogens is 1. The average Bonchev–Trinajstić information content (AvgIpc) is 2.69. The highest BCUT2D eigenvalue weighted by atomic mass is 16.4. The van der Waals surface area contributed by atoms with Gasteiger partial charge < -0.3 is 10.1 Å². The zero-order valence-electron chi connectivity index (χ0n) is 10.9. The van der Waals surface area contributed by atoms with Gasteiger partial charge in [-0.1, -0.05) is 20.8 Å². The normalized spacial score (nSPS) is 11.1. The molecule has 0 unspecified atom stereocenters. The van der Waals surface area contributed by atoms with Gasteiger partial charge in [0.05, 0.1) is 0 Å². The van der Waals surface area contributed by atoms with Crippen LogP contribution in [0.1, 0.15) is 37.9 Å². The van der Waals surface area contributed by atoms with Crippen LogP contribution in [0.2, 0.25) is 0 Å². The van der Waals surface area contributed by atoms with Crippen molar-refractivity contribution in [1.29, 1.82) is 0 Å². The predicted octanol–water partition coefficient (Wildman–Crippen LogP) is 3.94. The summed E-state index contributed by atoms with van der Waals surface area (Å²) in [7, 11) is 0. The summed E-state index contributed by atoms with van der Waals surface area (Å²) in [6, 6.07) is 5.90. The molecule has 0 aliphatic rings. The van der Waals surface area contributed by atoms with Gasteiger partial charge in [0, 0.05) is 22.3 Å². The molecule has 2 rings (SSSR count). The number of aromatic nitrogens is 1. The molecule has 0 aliphatic carbocycles. The molecule has 96 valence electrons. The molecule has 0 spiro atoms. The van der Waals surface area contributed by atoms with Gasteiger partial charge >= 0.3 is 6.09 Å². The fraction of sp³-hybridized carbons (Fsp3) is 0.357. The fourth-order valence-corrected chi connectivity index (χ4v) is 2.19. The van der Waals surface area contributed by atoms with Crippen LogP contribution in [-0.2, 0) is 6.42 Å². The second-order valence-electron chi connectivity index (χ2n) is 4.76. The standard InChI is InChI=1S/C14H18N2O2/c1-4-9-5-12-11(8(2)3)6-10(16-14(17)18)7-13(12)15-9/h5-8,15-16H,4H2,1-3H3,(H,17,18). The number of anilines is 1. The zero-order valence-corrected chi connectivity index (χ0v) is 10.9. The Bertz CT molecular complexity index is 585. The minimum atomic E-state index is -1.04. The Labute approximate surface area is 106 Å². The molecule has 2 aromatic rings. The van der Waals surface area contributed by atoms with E-state index in [1.54, 1.807) is 0 Å². The molecule has 1 aromatic carbocycles. The molecule has 0 radical (unpaired) electrons. The first-order valence-electron chi connectivity index (χ1n) is 6.16. The lowest BCUT2D eigenvalue weighted by molar-refractivity contribution is 0.210. The lowest BCUT2D eigenvalue weighted by Gasteiger charge is -2.10. The van der Waals surface area contributed by atoms with Crippen LogP contribution in [0.25, 0.3) is 10.9 Å². The maximum absolute atomic E-state index is 10.7. The molecule has 4 nitrogen and oxygen atoms in total. The number of fused-ring (bicyclic) bond motifs is 1. The van der Waals surface area contributed by atoms with Crippen LogP contribution in [0.15, 0.2) is 18.2 Å². The molecule has 18 heavy (non-hydrogen) atoms. The van der Waals surface area contributed by atoms with Crippen molar-refractivity contribution in [1.82, 2.24) is 4.98 Å². The van der Waals surface area contributed by atoms with Crippen LogP contribution < -0.4 is 5.32 Å². The number of aryl methyl sites for hydroxylation is 1. The maximum Gasteiger partial charge on any atom is 0.409 e. The van der Waals surface area contributed by atoms with E-state index in [9.17, 15) is 4.79 Å². The van der Waals surface area contributed by atoms with Gasteiger partial charge in [-0.25, -0.2) is 4.79 Å². The van der Waals surface area contributed by atoms with E-state index in [1.807, 2.05) is 12.1 Å². The molecule has 0 aliphatic heterocycles. The Morgan fingerprint density at radius 2 is 2.11 bits per heavy atom. The summed E-state index contributed by atoms with van der Waals surface area (Å²) in [6.45, 7) is 6.31.